The van der Waals surface area contributed by atoms with Gasteiger partial charge >= 0.3 is 0 Å². The average Bonchev–Trinajstić information content (AvgIpc) is 2.81. The Balaban J connectivity index is 1.64. The van der Waals surface area contributed by atoms with E-state index >= 15 is 0 Å². The Bertz CT molecular complexity index is 552. The molecular formula is C15H18N2OS. The van der Waals surface area contributed by atoms with E-state index < -0.39 is 0 Å². The van der Waals surface area contributed by atoms with Gasteiger partial charge in [0.25, 0.3) is 0 Å². The number of aromatic nitrogens is 1. The van der Waals surface area contributed by atoms with Crippen LogP contribution in [0.3, 0.4) is 0 Å². The third-order valence-electron chi connectivity index (χ3n) is 3.86. The second kappa shape index (κ2) is 5.39. The molecule has 0 saturated carbocycles. The number of benzene rings is 1. The van der Waals surface area contributed by atoms with Crippen molar-refractivity contribution in [2.24, 2.45) is 5.92 Å². The Kier molecular flexibility index (Phi) is 3.62. The highest BCUT2D eigenvalue weighted by atomic mass is 32.1. The van der Waals surface area contributed by atoms with Gasteiger partial charge in [-0.25, -0.2) is 4.98 Å². The van der Waals surface area contributed by atoms with Crippen LogP contribution in [0.15, 0.2) is 24.3 Å². The average molecular weight is 274 g/mol. The number of likely N-dealkylation sites (tertiary alicyclic amines) is 1. The molecule has 0 amide bonds. The maximum absolute atomic E-state index is 11.4. The first kappa shape index (κ1) is 12.8. The van der Waals surface area contributed by atoms with Crippen molar-refractivity contribution >= 4 is 27.3 Å². The molecule has 0 spiro atoms. The number of rotatable bonds is 3. The van der Waals surface area contributed by atoms with Gasteiger partial charge in [-0.1, -0.05) is 12.1 Å². The Labute approximate surface area is 117 Å². The molecule has 0 N–H and O–H groups in total. The predicted octanol–water partition coefficient (Wildman–Crippen LogP) is 3.10. The van der Waals surface area contributed by atoms with Crippen LogP contribution in [-0.2, 0) is 11.3 Å². The zero-order valence-corrected chi connectivity index (χ0v) is 11.9. The van der Waals surface area contributed by atoms with Gasteiger partial charge < -0.3 is 0 Å². The van der Waals surface area contributed by atoms with Gasteiger partial charge in [-0.3, -0.25) is 9.69 Å². The number of nitrogens with zero attached hydrogens (tertiary/aromatic N) is 2. The van der Waals surface area contributed by atoms with Crippen molar-refractivity contribution in [1.82, 2.24) is 9.88 Å². The summed E-state index contributed by atoms with van der Waals surface area (Å²) in [7, 11) is 0. The van der Waals surface area contributed by atoms with Crippen LogP contribution in [0.25, 0.3) is 10.2 Å². The van der Waals surface area contributed by atoms with Crippen molar-refractivity contribution in [2.45, 2.75) is 26.3 Å². The van der Waals surface area contributed by atoms with Crippen LogP contribution in [-0.4, -0.2) is 28.8 Å². The number of carbonyl (C=O) groups is 1. The molecule has 0 atom stereocenters. The van der Waals surface area contributed by atoms with E-state index in [-0.39, 0.29) is 5.92 Å². The summed E-state index contributed by atoms with van der Waals surface area (Å²) in [6, 6.07) is 8.28. The van der Waals surface area contributed by atoms with Crippen molar-refractivity contribution < 1.29 is 4.79 Å². The van der Waals surface area contributed by atoms with Gasteiger partial charge in [0.05, 0.1) is 16.8 Å². The normalized spacial score (nSPS) is 17.9. The van der Waals surface area contributed by atoms with Crippen molar-refractivity contribution in [3.63, 3.8) is 0 Å². The van der Waals surface area contributed by atoms with Crippen LogP contribution in [0, 0.1) is 5.92 Å². The van der Waals surface area contributed by atoms with E-state index in [0.717, 1.165) is 38.0 Å². The monoisotopic (exact) mass is 274 g/mol. The molecule has 1 aromatic carbocycles. The van der Waals surface area contributed by atoms with Crippen molar-refractivity contribution in [1.29, 1.82) is 0 Å². The van der Waals surface area contributed by atoms with E-state index in [0.29, 0.717) is 5.78 Å². The topological polar surface area (TPSA) is 33.2 Å². The van der Waals surface area contributed by atoms with Crippen LogP contribution < -0.4 is 0 Å². The first-order valence-corrected chi connectivity index (χ1v) is 7.61. The second-order valence-electron chi connectivity index (χ2n) is 5.24. The van der Waals surface area contributed by atoms with E-state index in [9.17, 15) is 4.79 Å². The number of fused-ring (bicyclic) bond motifs is 1. The number of piperidine rings is 1. The molecule has 3 rings (SSSR count). The minimum absolute atomic E-state index is 0.284. The first-order valence-electron chi connectivity index (χ1n) is 6.79. The lowest BCUT2D eigenvalue weighted by atomic mass is 9.93. The summed E-state index contributed by atoms with van der Waals surface area (Å²) < 4.78 is 1.26. The summed E-state index contributed by atoms with van der Waals surface area (Å²) in [6.45, 7) is 4.66. The van der Waals surface area contributed by atoms with Gasteiger partial charge in [-0.05, 0) is 45.0 Å². The molecule has 1 aromatic heterocycles. The van der Waals surface area contributed by atoms with Crippen LogP contribution in [0.1, 0.15) is 24.8 Å². The highest BCUT2D eigenvalue weighted by molar-refractivity contribution is 7.18. The fraction of sp³-hybridized carbons (Fsp3) is 0.467. The highest BCUT2D eigenvalue weighted by Crippen LogP contribution is 2.25. The molecule has 100 valence electrons. The Morgan fingerprint density at radius 2 is 2.11 bits per heavy atom. The zero-order valence-electron chi connectivity index (χ0n) is 11.1. The van der Waals surface area contributed by atoms with E-state index in [1.165, 1.54) is 9.71 Å². The fourth-order valence-electron chi connectivity index (χ4n) is 2.68. The lowest BCUT2D eigenvalue weighted by Gasteiger charge is -2.29. The number of Topliss-reactive ketones (excluding diaryl/α,β-unsaturated/α-hetero) is 1. The molecule has 2 heterocycles. The van der Waals surface area contributed by atoms with E-state index in [4.69, 9.17) is 0 Å². The van der Waals surface area contributed by atoms with Gasteiger partial charge in [0.15, 0.2) is 0 Å². The lowest BCUT2D eigenvalue weighted by Crippen LogP contribution is -2.35. The number of thiazole rings is 1. The molecular weight excluding hydrogens is 256 g/mol. The Morgan fingerprint density at radius 1 is 1.37 bits per heavy atom. The third-order valence-corrected chi connectivity index (χ3v) is 4.88. The highest BCUT2D eigenvalue weighted by Gasteiger charge is 2.22. The first-order chi connectivity index (χ1) is 9.22. The number of hydrogen-bond acceptors (Lipinski definition) is 4. The zero-order chi connectivity index (χ0) is 13.2. The molecule has 4 heteroatoms. The quantitative estimate of drug-likeness (QED) is 0.862. The maximum Gasteiger partial charge on any atom is 0.133 e. The fourth-order valence-corrected chi connectivity index (χ4v) is 3.69. The summed E-state index contributed by atoms with van der Waals surface area (Å²) >= 11 is 1.78. The SMILES string of the molecule is CC(=O)C1CCN(Cc2nc3ccccc3s2)CC1. The molecule has 2 aromatic rings. The number of hydrogen-bond donors (Lipinski definition) is 0. The van der Waals surface area contributed by atoms with Gasteiger partial charge in [0.2, 0.25) is 0 Å². The largest absolute Gasteiger partial charge is 0.300 e. The second-order valence-corrected chi connectivity index (χ2v) is 6.35. The molecule has 1 aliphatic rings. The molecule has 19 heavy (non-hydrogen) atoms. The number of para-hydroxylation sites is 1. The summed E-state index contributed by atoms with van der Waals surface area (Å²) in [5, 5.41) is 1.18. The summed E-state index contributed by atoms with van der Waals surface area (Å²) in [5.74, 6) is 0.631. The lowest BCUT2D eigenvalue weighted by molar-refractivity contribution is -0.122. The minimum atomic E-state index is 0.284. The predicted molar refractivity (Wildman–Crippen MR) is 78.3 cm³/mol. The van der Waals surface area contributed by atoms with Crippen molar-refractivity contribution in [2.75, 3.05) is 13.1 Å². The van der Waals surface area contributed by atoms with Crippen LogP contribution in [0.4, 0.5) is 0 Å². The molecule has 3 nitrogen and oxygen atoms in total. The summed E-state index contributed by atoms with van der Waals surface area (Å²) in [4.78, 5) is 18.4. The summed E-state index contributed by atoms with van der Waals surface area (Å²) in [5.41, 5.74) is 1.10. The molecule has 0 radical (unpaired) electrons. The molecule has 1 aliphatic heterocycles. The van der Waals surface area contributed by atoms with Gasteiger partial charge in [0, 0.05) is 5.92 Å². The molecule has 0 unspecified atom stereocenters. The molecule has 0 aliphatic carbocycles. The number of carbonyl (C=O) groups excluding carboxylic acids is 1. The van der Waals surface area contributed by atoms with Crippen molar-refractivity contribution in [3.8, 4) is 0 Å². The number of ketones is 1. The van der Waals surface area contributed by atoms with Gasteiger partial charge in [0.1, 0.15) is 10.8 Å². The van der Waals surface area contributed by atoms with E-state index in [1.807, 2.05) is 6.07 Å². The Morgan fingerprint density at radius 3 is 2.79 bits per heavy atom. The molecule has 1 saturated heterocycles. The van der Waals surface area contributed by atoms with Gasteiger partial charge in [-0.2, -0.15) is 0 Å². The standard InChI is InChI=1S/C15H18N2OS/c1-11(18)12-6-8-17(9-7-12)10-15-16-13-4-2-3-5-14(13)19-15/h2-5,12H,6-10H2,1H3. The Hall–Kier alpha value is -1.26. The minimum Gasteiger partial charge on any atom is -0.300 e. The molecule has 1 fully saturated rings. The summed E-state index contributed by atoms with van der Waals surface area (Å²) in [6.07, 6.45) is 2.00. The van der Waals surface area contributed by atoms with E-state index in [2.05, 4.69) is 28.1 Å². The maximum atomic E-state index is 11.4. The van der Waals surface area contributed by atoms with Gasteiger partial charge in [-0.15, -0.1) is 11.3 Å². The van der Waals surface area contributed by atoms with Crippen LogP contribution in [0.5, 0.6) is 0 Å². The van der Waals surface area contributed by atoms with Crippen LogP contribution >= 0.6 is 11.3 Å². The third kappa shape index (κ3) is 2.85. The molecule has 0 bridgehead atoms. The smallest absolute Gasteiger partial charge is 0.133 e. The van der Waals surface area contributed by atoms with Crippen molar-refractivity contribution in [3.05, 3.63) is 29.3 Å². The van der Waals surface area contributed by atoms with Crippen LogP contribution in [0.2, 0.25) is 0 Å². The van der Waals surface area contributed by atoms with E-state index in [1.54, 1.807) is 18.3 Å².